The number of hydrogen-bond donors (Lipinski definition) is 2. The van der Waals surface area contributed by atoms with E-state index in [1.165, 1.54) is 12.8 Å². The van der Waals surface area contributed by atoms with Crippen molar-refractivity contribution in [1.82, 2.24) is 10.6 Å². The van der Waals surface area contributed by atoms with Crippen molar-refractivity contribution < 1.29 is 9.53 Å². The van der Waals surface area contributed by atoms with Gasteiger partial charge in [0.25, 0.3) is 0 Å². The summed E-state index contributed by atoms with van der Waals surface area (Å²) in [4.78, 5) is 11.7. The van der Waals surface area contributed by atoms with Gasteiger partial charge in [-0.3, -0.25) is 4.79 Å². The second-order valence-electron chi connectivity index (χ2n) is 4.74. The van der Waals surface area contributed by atoms with Crippen LogP contribution in [0.15, 0.2) is 0 Å². The van der Waals surface area contributed by atoms with Gasteiger partial charge in [0.15, 0.2) is 0 Å². The van der Waals surface area contributed by atoms with Crippen LogP contribution in [-0.4, -0.2) is 49.8 Å². The number of thioether (sulfide) groups is 1. The molecule has 1 aliphatic carbocycles. The molecule has 0 radical (unpaired) electrons. The van der Waals surface area contributed by atoms with Gasteiger partial charge in [0.05, 0.1) is 6.04 Å². The van der Waals surface area contributed by atoms with E-state index >= 15 is 0 Å². The van der Waals surface area contributed by atoms with E-state index < -0.39 is 0 Å². The maximum Gasteiger partial charge on any atom is 0.237 e. The SMILES string of the molecule is O=C(NCCCOCC1CC1)C1CSCCN1. The van der Waals surface area contributed by atoms with Gasteiger partial charge in [-0.15, -0.1) is 0 Å². The van der Waals surface area contributed by atoms with Gasteiger partial charge in [-0.1, -0.05) is 0 Å². The highest BCUT2D eigenvalue weighted by atomic mass is 32.2. The summed E-state index contributed by atoms with van der Waals surface area (Å²) in [5.41, 5.74) is 0. The predicted octanol–water partition coefficient (Wildman–Crippen LogP) is 0.624. The van der Waals surface area contributed by atoms with Crippen molar-refractivity contribution >= 4 is 17.7 Å². The predicted molar refractivity (Wildman–Crippen MR) is 70.3 cm³/mol. The minimum absolute atomic E-state index is 0.00105. The summed E-state index contributed by atoms with van der Waals surface area (Å²) in [6.07, 6.45) is 3.59. The van der Waals surface area contributed by atoms with Crippen LogP contribution in [0.5, 0.6) is 0 Å². The first kappa shape index (κ1) is 13.2. The minimum atomic E-state index is 0.00105. The van der Waals surface area contributed by atoms with E-state index in [2.05, 4.69) is 10.6 Å². The van der Waals surface area contributed by atoms with Gasteiger partial charge < -0.3 is 15.4 Å². The van der Waals surface area contributed by atoms with E-state index in [9.17, 15) is 4.79 Å². The van der Waals surface area contributed by atoms with E-state index in [0.717, 1.165) is 50.1 Å². The average Bonchev–Trinajstić information content (AvgIpc) is 3.18. The molecule has 17 heavy (non-hydrogen) atoms. The molecule has 1 aliphatic heterocycles. The molecule has 5 heteroatoms. The molecular formula is C12H22N2O2S. The number of nitrogens with one attached hydrogen (secondary N) is 2. The van der Waals surface area contributed by atoms with Crippen LogP contribution in [0.4, 0.5) is 0 Å². The fourth-order valence-electron chi connectivity index (χ4n) is 1.78. The standard InChI is InChI=1S/C12H22N2O2S/c15-12(11-9-17-7-5-13-11)14-4-1-6-16-8-10-2-3-10/h10-11,13H,1-9H2,(H,14,15). The zero-order valence-electron chi connectivity index (χ0n) is 10.2. The first-order valence-corrected chi connectivity index (χ1v) is 7.68. The maximum absolute atomic E-state index is 11.7. The molecule has 98 valence electrons. The Morgan fingerprint density at radius 1 is 1.47 bits per heavy atom. The largest absolute Gasteiger partial charge is 0.381 e. The van der Waals surface area contributed by atoms with Crippen molar-refractivity contribution in [3.8, 4) is 0 Å². The second-order valence-corrected chi connectivity index (χ2v) is 5.89. The number of ether oxygens (including phenoxy) is 1. The molecule has 1 amide bonds. The molecule has 1 heterocycles. The molecule has 1 saturated heterocycles. The zero-order chi connectivity index (χ0) is 11.9. The van der Waals surface area contributed by atoms with Gasteiger partial charge in [0.2, 0.25) is 5.91 Å². The summed E-state index contributed by atoms with van der Waals surface area (Å²) >= 11 is 1.84. The number of hydrogen-bond acceptors (Lipinski definition) is 4. The molecule has 0 aromatic heterocycles. The third-order valence-corrected chi connectivity index (χ3v) is 4.12. The van der Waals surface area contributed by atoms with Crippen LogP contribution in [0.3, 0.4) is 0 Å². The molecule has 2 fully saturated rings. The van der Waals surface area contributed by atoms with Crippen molar-refractivity contribution in [3.63, 3.8) is 0 Å². The van der Waals surface area contributed by atoms with Gasteiger partial charge in [0, 0.05) is 37.8 Å². The molecule has 2 rings (SSSR count). The molecular weight excluding hydrogens is 236 g/mol. The lowest BCUT2D eigenvalue weighted by Gasteiger charge is -2.22. The smallest absolute Gasteiger partial charge is 0.237 e. The summed E-state index contributed by atoms with van der Waals surface area (Å²) in [7, 11) is 0. The quantitative estimate of drug-likeness (QED) is 0.658. The van der Waals surface area contributed by atoms with Crippen LogP contribution < -0.4 is 10.6 Å². The summed E-state index contributed by atoms with van der Waals surface area (Å²) in [6, 6.07) is 0.00105. The fourth-order valence-corrected chi connectivity index (χ4v) is 2.71. The van der Waals surface area contributed by atoms with Gasteiger partial charge in [-0.2, -0.15) is 11.8 Å². The highest BCUT2D eigenvalue weighted by Crippen LogP contribution is 2.28. The van der Waals surface area contributed by atoms with Crippen LogP contribution in [0.2, 0.25) is 0 Å². The zero-order valence-corrected chi connectivity index (χ0v) is 11.1. The van der Waals surface area contributed by atoms with Crippen molar-refractivity contribution in [3.05, 3.63) is 0 Å². The van der Waals surface area contributed by atoms with Crippen molar-refractivity contribution in [1.29, 1.82) is 0 Å². The Balaban J connectivity index is 1.44. The van der Waals surface area contributed by atoms with Crippen LogP contribution >= 0.6 is 11.8 Å². The number of carbonyl (C=O) groups is 1. The summed E-state index contributed by atoms with van der Waals surface area (Å²) in [5, 5.41) is 6.19. The van der Waals surface area contributed by atoms with Gasteiger partial charge in [-0.25, -0.2) is 0 Å². The van der Waals surface area contributed by atoms with Crippen molar-refractivity contribution in [2.75, 3.05) is 37.8 Å². The third kappa shape index (κ3) is 5.27. The minimum Gasteiger partial charge on any atom is -0.381 e. The van der Waals surface area contributed by atoms with Crippen LogP contribution in [0, 0.1) is 5.92 Å². The molecule has 2 N–H and O–H groups in total. The molecule has 1 saturated carbocycles. The first-order valence-electron chi connectivity index (χ1n) is 6.53. The molecule has 1 unspecified atom stereocenters. The second kappa shape index (κ2) is 7.24. The van der Waals surface area contributed by atoms with Gasteiger partial charge in [0.1, 0.15) is 0 Å². The molecule has 0 aromatic carbocycles. The summed E-state index contributed by atoms with van der Waals surface area (Å²) in [6.45, 7) is 3.35. The topological polar surface area (TPSA) is 50.4 Å². The first-order chi connectivity index (χ1) is 8.36. The molecule has 0 spiro atoms. The van der Waals surface area contributed by atoms with Crippen LogP contribution in [0.1, 0.15) is 19.3 Å². The van der Waals surface area contributed by atoms with E-state index in [1.807, 2.05) is 11.8 Å². The van der Waals surface area contributed by atoms with E-state index in [0.29, 0.717) is 0 Å². The highest BCUT2D eigenvalue weighted by Gasteiger charge is 2.21. The monoisotopic (exact) mass is 258 g/mol. The Morgan fingerprint density at radius 3 is 3.06 bits per heavy atom. The fraction of sp³-hybridized carbons (Fsp3) is 0.917. The Kier molecular flexibility index (Phi) is 5.61. The lowest BCUT2D eigenvalue weighted by atomic mass is 10.3. The molecule has 4 nitrogen and oxygen atoms in total. The number of rotatable bonds is 7. The highest BCUT2D eigenvalue weighted by molar-refractivity contribution is 7.99. The number of carbonyl (C=O) groups excluding carboxylic acids is 1. The van der Waals surface area contributed by atoms with E-state index in [-0.39, 0.29) is 11.9 Å². The van der Waals surface area contributed by atoms with E-state index in [1.54, 1.807) is 0 Å². The van der Waals surface area contributed by atoms with Gasteiger partial charge >= 0.3 is 0 Å². The summed E-state index contributed by atoms with van der Waals surface area (Å²) < 4.78 is 5.51. The lowest BCUT2D eigenvalue weighted by molar-refractivity contribution is -0.122. The third-order valence-electron chi connectivity index (χ3n) is 3.05. The Bertz CT molecular complexity index is 241. The lowest BCUT2D eigenvalue weighted by Crippen LogP contribution is -2.49. The molecule has 1 atom stereocenters. The Labute approximate surface area is 107 Å². The number of amides is 1. The Hall–Kier alpha value is -0.260. The van der Waals surface area contributed by atoms with Gasteiger partial charge in [-0.05, 0) is 25.2 Å². The maximum atomic E-state index is 11.7. The summed E-state index contributed by atoms with van der Waals surface area (Å²) in [5.74, 6) is 2.97. The van der Waals surface area contributed by atoms with Crippen molar-refractivity contribution in [2.45, 2.75) is 25.3 Å². The normalized spacial score (nSPS) is 24.6. The Morgan fingerprint density at radius 2 is 2.35 bits per heavy atom. The average molecular weight is 258 g/mol. The molecule has 2 aliphatic rings. The van der Waals surface area contributed by atoms with Crippen molar-refractivity contribution in [2.24, 2.45) is 5.92 Å². The molecule has 0 bridgehead atoms. The molecule has 0 aromatic rings. The van der Waals surface area contributed by atoms with Crippen LogP contribution in [0.25, 0.3) is 0 Å². The van der Waals surface area contributed by atoms with E-state index in [4.69, 9.17) is 4.74 Å². The van der Waals surface area contributed by atoms with Crippen LogP contribution in [-0.2, 0) is 9.53 Å².